The van der Waals surface area contributed by atoms with E-state index in [1.165, 1.54) is 18.5 Å². The highest BCUT2D eigenvalue weighted by atomic mass is 32.1. The van der Waals surface area contributed by atoms with Crippen LogP contribution in [-0.4, -0.2) is 34.1 Å². The van der Waals surface area contributed by atoms with Gasteiger partial charge in [0, 0.05) is 24.0 Å². The third-order valence-electron chi connectivity index (χ3n) is 3.30. The van der Waals surface area contributed by atoms with E-state index in [4.69, 9.17) is 12.2 Å². The number of rotatable bonds is 3. The van der Waals surface area contributed by atoms with E-state index < -0.39 is 0 Å². The molecular formula is C10H17N3S. The summed E-state index contributed by atoms with van der Waals surface area (Å²) in [5, 5.41) is 0. The molecule has 0 saturated heterocycles. The van der Waals surface area contributed by atoms with Gasteiger partial charge in [0.2, 0.25) is 0 Å². The van der Waals surface area contributed by atoms with Crippen LogP contribution in [0.3, 0.4) is 0 Å². The van der Waals surface area contributed by atoms with E-state index >= 15 is 0 Å². The van der Waals surface area contributed by atoms with Gasteiger partial charge in [-0.3, -0.25) is 0 Å². The van der Waals surface area contributed by atoms with Crippen molar-refractivity contribution in [1.82, 2.24) is 14.5 Å². The van der Waals surface area contributed by atoms with Gasteiger partial charge in [-0.2, -0.15) is 0 Å². The molecule has 0 bridgehead atoms. The lowest BCUT2D eigenvalue weighted by Crippen LogP contribution is -2.34. The molecule has 1 N–H and O–H groups in total. The van der Waals surface area contributed by atoms with Crippen LogP contribution in [0.4, 0.5) is 0 Å². The molecule has 3 nitrogen and oxygen atoms in total. The molecule has 0 atom stereocenters. The maximum absolute atomic E-state index is 5.24. The van der Waals surface area contributed by atoms with E-state index in [2.05, 4.69) is 35.5 Å². The summed E-state index contributed by atoms with van der Waals surface area (Å²) in [6.07, 6.45) is 4.55. The summed E-state index contributed by atoms with van der Waals surface area (Å²) in [6.45, 7) is 3.12. The summed E-state index contributed by atoms with van der Waals surface area (Å²) in [4.78, 5) is 5.41. The Morgan fingerprint density at radius 1 is 1.57 bits per heavy atom. The number of likely N-dealkylation sites (N-methyl/N-ethyl adjacent to an activating group) is 1. The number of nitrogens with one attached hydrogen (secondary N) is 1. The highest BCUT2D eigenvalue weighted by Gasteiger charge is 2.45. The molecular weight excluding hydrogens is 194 g/mol. The average Bonchev–Trinajstić information content (AvgIpc) is 2.84. The van der Waals surface area contributed by atoms with Crippen LogP contribution >= 0.6 is 12.2 Å². The Morgan fingerprint density at radius 3 is 2.57 bits per heavy atom. The fraction of sp³-hybridized carbons (Fsp3) is 0.700. The molecule has 14 heavy (non-hydrogen) atoms. The third kappa shape index (κ3) is 1.53. The molecule has 0 unspecified atom stereocenters. The van der Waals surface area contributed by atoms with Crippen molar-refractivity contribution in [2.45, 2.75) is 31.8 Å². The van der Waals surface area contributed by atoms with E-state index in [9.17, 15) is 0 Å². The number of nitrogens with zero attached hydrogens (tertiary/aromatic N) is 2. The minimum Gasteiger partial charge on any atom is -0.337 e. The number of hydrogen-bond acceptors (Lipinski definition) is 2. The maximum Gasteiger partial charge on any atom is 0.177 e. The summed E-state index contributed by atoms with van der Waals surface area (Å²) < 4.78 is 3.04. The van der Waals surface area contributed by atoms with Crippen LogP contribution in [0.2, 0.25) is 0 Å². The molecule has 1 aliphatic carbocycles. The third-order valence-corrected chi connectivity index (χ3v) is 3.64. The molecule has 78 valence electrons. The van der Waals surface area contributed by atoms with Crippen LogP contribution in [0.25, 0.3) is 0 Å². The monoisotopic (exact) mass is 211 g/mol. The Balaban J connectivity index is 2.23. The summed E-state index contributed by atoms with van der Waals surface area (Å²) in [7, 11) is 4.30. The molecule has 1 aromatic heterocycles. The zero-order valence-corrected chi connectivity index (χ0v) is 9.82. The smallest absolute Gasteiger partial charge is 0.177 e. The van der Waals surface area contributed by atoms with Crippen molar-refractivity contribution < 1.29 is 0 Å². The van der Waals surface area contributed by atoms with Crippen LogP contribution in [-0.2, 0) is 6.54 Å². The Hall–Kier alpha value is -0.610. The van der Waals surface area contributed by atoms with Gasteiger partial charge in [-0.1, -0.05) is 0 Å². The second kappa shape index (κ2) is 3.21. The van der Waals surface area contributed by atoms with Gasteiger partial charge in [0.05, 0.1) is 0 Å². The summed E-state index contributed by atoms with van der Waals surface area (Å²) in [5.41, 5.74) is 1.59. The molecule has 0 aliphatic heterocycles. The Morgan fingerprint density at radius 2 is 2.21 bits per heavy atom. The first-order valence-corrected chi connectivity index (χ1v) is 5.38. The number of H-pyrrole nitrogens is 1. The van der Waals surface area contributed by atoms with Gasteiger partial charge in [0.15, 0.2) is 4.77 Å². The molecule has 1 fully saturated rings. The van der Waals surface area contributed by atoms with E-state index in [0.29, 0.717) is 5.54 Å². The molecule has 0 radical (unpaired) electrons. The van der Waals surface area contributed by atoms with Crippen LogP contribution in [0, 0.1) is 11.7 Å². The number of aryl methyl sites for hydroxylation is 1. The van der Waals surface area contributed by atoms with Crippen molar-refractivity contribution in [3.05, 3.63) is 16.7 Å². The summed E-state index contributed by atoms with van der Waals surface area (Å²) in [6, 6.07) is 0. The molecule has 1 aliphatic rings. The van der Waals surface area contributed by atoms with Crippen molar-refractivity contribution >= 4 is 12.2 Å². The van der Waals surface area contributed by atoms with Gasteiger partial charge in [0.1, 0.15) is 0 Å². The molecule has 1 heterocycles. The van der Waals surface area contributed by atoms with Crippen LogP contribution in [0.5, 0.6) is 0 Å². The fourth-order valence-electron chi connectivity index (χ4n) is 1.86. The van der Waals surface area contributed by atoms with Crippen LogP contribution in [0.1, 0.15) is 18.5 Å². The number of imidazole rings is 1. The van der Waals surface area contributed by atoms with Crippen molar-refractivity contribution in [3.63, 3.8) is 0 Å². The highest BCUT2D eigenvalue weighted by Crippen LogP contribution is 2.41. The molecule has 2 rings (SSSR count). The lowest BCUT2D eigenvalue weighted by Gasteiger charge is -2.24. The Kier molecular flexibility index (Phi) is 2.27. The second-order valence-electron chi connectivity index (χ2n) is 4.44. The number of aromatic amines is 1. The van der Waals surface area contributed by atoms with Gasteiger partial charge in [-0.15, -0.1) is 0 Å². The number of aromatic nitrogens is 2. The van der Waals surface area contributed by atoms with Crippen molar-refractivity contribution in [2.75, 3.05) is 14.1 Å². The molecule has 1 aromatic rings. The van der Waals surface area contributed by atoms with Gasteiger partial charge in [-0.05, 0) is 46.1 Å². The predicted molar refractivity (Wildman–Crippen MR) is 60.0 cm³/mol. The quantitative estimate of drug-likeness (QED) is 0.773. The normalized spacial score (nSPS) is 18.9. The van der Waals surface area contributed by atoms with Crippen molar-refractivity contribution in [1.29, 1.82) is 0 Å². The molecule has 0 aromatic carbocycles. The summed E-state index contributed by atoms with van der Waals surface area (Å²) in [5.74, 6) is 0. The van der Waals surface area contributed by atoms with Crippen molar-refractivity contribution in [2.24, 2.45) is 0 Å². The SMILES string of the molecule is Cc1c[nH]c(=S)n1CC1(N(C)C)CC1. The predicted octanol–water partition coefficient (Wildman–Crippen LogP) is 1.95. The largest absolute Gasteiger partial charge is 0.337 e. The van der Waals surface area contributed by atoms with E-state index in [0.717, 1.165) is 11.3 Å². The topological polar surface area (TPSA) is 24.0 Å². The lowest BCUT2D eigenvalue weighted by atomic mass is 10.2. The van der Waals surface area contributed by atoms with Gasteiger partial charge in [-0.25, -0.2) is 0 Å². The molecule has 0 spiro atoms. The highest BCUT2D eigenvalue weighted by molar-refractivity contribution is 7.71. The molecule has 0 amide bonds. The summed E-state index contributed by atoms with van der Waals surface area (Å²) >= 11 is 5.24. The Bertz CT molecular complexity index is 384. The molecule has 1 saturated carbocycles. The lowest BCUT2D eigenvalue weighted by molar-refractivity contribution is 0.239. The zero-order chi connectivity index (χ0) is 10.3. The van der Waals surface area contributed by atoms with Crippen LogP contribution < -0.4 is 0 Å². The fourth-order valence-corrected chi connectivity index (χ4v) is 2.13. The van der Waals surface area contributed by atoms with Crippen molar-refractivity contribution in [3.8, 4) is 0 Å². The van der Waals surface area contributed by atoms with E-state index in [1.807, 2.05) is 6.20 Å². The zero-order valence-electron chi connectivity index (χ0n) is 9.00. The maximum atomic E-state index is 5.24. The minimum absolute atomic E-state index is 0.366. The first kappa shape index (κ1) is 9.93. The minimum atomic E-state index is 0.366. The first-order valence-electron chi connectivity index (χ1n) is 4.97. The van der Waals surface area contributed by atoms with Gasteiger partial charge >= 0.3 is 0 Å². The standard InChI is InChI=1S/C10H17N3S/c1-8-6-11-9(14)13(8)7-10(4-5-10)12(2)3/h6H,4-5,7H2,1-3H3,(H,11,14). The van der Waals surface area contributed by atoms with Crippen LogP contribution in [0.15, 0.2) is 6.20 Å². The van der Waals surface area contributed by atoms with E-state index in [1.54, 1.807) is 0 Å². The Labute approximate surface area is 89.7 Å². The average molecular weight is 211 g/mol. The second-order valence-corrected chi connectivity index (χ2v) is 4.83. The van der Waals surface area contributed by atoms with E-state index in [-0.39, 0.29) is 0 Å². The molecule has 4 heteroatoms. The van der Waals surface area contributed by atoms with Gasteiger partial charge < -0.3 is 14.5 Å². The van der Waals surface area contributed by atoms with Gasteiger partial charge in [0.25, 0.3) is 0 Å². The first-order chi connectivity index (χ1) is 6.55. The number of hydrogen-bond donors (Lipinski definition) is 1.